The number of benzene rings is 1. The molecule has 1 saturated carbocycles. The molecule has 2 rings (SSSR count). The van der Waals surface area contributed by atoms with Gasteiger partial charge >= 0.3 is 0 Å². The maximum Gasteiger partial charge on any atom is 0.0348 e. The van der Waals surface area contributed by atoms with Crippen molar-refractivity contribution < 1.29 is 0 Å². The van der Waals surface area contributed by atoms with Gasteiger partial charge in [0.2, 0.25) is 0 Å². The second kappa shape index (κ2) is 7.09. The summed E-state index contributed by atoms with van der Waals surface area (Å²) in [5.41, 5.74) is 4.33. The Morgan fingerprint density at radius 1 is 1.00 bits per heavy atom. The minimum Gasteiger partial charge on any atom is -0.313 e. The van der Waals surface area contributed by atoms with Gasteiger partial charge in [0.25, 0.3) is 0 Å². The molecule has 1 fully saturated rings. The number of rotatable bonds is 3. The first kappa shape index (κ1) is 14.6. The molecule has 0 heterocycles. The van der Waals surface area contributed by atoms with Gasteiger partial charge in [0.15, 0.2) is 0 Å². The standard InChI is InChI=1S/C18H29N/c1-14-11-12-17(15(2)13-14)18(19-3)16-9-7-5-4-6-8-10-16/h11-13,16,18-19H,4-10H2,1-3H3. The van der Waals surface area contributed by atoms with Gasteiger partial charge in [-0.3, -0.25) is 0 Å². The Morgan fingerprint density at radius 3 is 2.21 bits per heavy atom. The minimum absolute atomic E-state index is 0.540. The van der Waals surface area contributed by atoms with Gasteiger partial charge in [-0.2, -0.15) is 0 Å². The van der Waals surface area contributed by atoms with E-state index in [2.05, 4.69) is 44.4 Å². The van der Waals surface area contributed by atoms with Crippen LogP contribution in [0.4, 0.5) is 0 Å². The number of hydrogen-bond donors (Lipinski definition) is 1. The Bertz CT molecular complexity index is 389. The summed E-state index contributed by atoms with van der Waals surface area (Å²) in [7, 11) is 2.13. The summed E-state index contributed by atoms with van der Waals surface area (Å²) < 4.78 is 0. The molecule has 1 N–H and O–H groups in total. The SMILES string of the molecule is CNC(c1ccc(C)cc1C)C1CCCCCCC1. The molecule has 1 heteroatoms. The van der Waals surface area contributed by atoms with Crippen LogP contribution >= 0.6 is 0 Å². The minimum atomic E-state index is 0.540. The molecule has 0 saturated heterocycles. The molecule has 0 spiro atoms. The van der Waals surface area contributed by atoms with Gasteiger partial charge in [0.1, 0.15) is 0 Å². The van der Waals surface area contributed by atoms with Crippen molar-refractivity contribution in [3.05, 3.63) is 34.9 Å². The van der Waals surface area contributed by atoms with Crippen LogP contribution in [0.5, 0.6) is 0 Å². The predicted molar refractivity (Wildman–Crippen MR) is 83.5 cm³/mol. The molecule has 1 aliphatic carbocycles. The highest BCUT2D eigenvalue weighted by atomic mass is 14.9. The normalized spacial score (nSPS) is 19.7. The van der Waals surface area contributed by atoms with Gasteiger partial charge in [-0.1, -0.05) is 55.9 Å². The van der Waals surface area contributed by atoms with Crippen LogP contribution in [0.3, 0.4) is 0 Å². The summed E-state index contributed by atoms with van der Waals surface area (Å²) in [5.74, 6) is 0.812. The highest BCUT2D eigenvalue weighted by Crippen LogP contribution is 2.34. The summed E-state index contributed by atoms with van der Waals surface area (Å²) in [4.78, 5) is 0. The predicted octanol–water partition coefficient (Wildman–Crippen LogP) is 4.92. The average Bonchev–Trinajstić information content (AvgIpc) is 2.34. The van der Waals surface area contributed by atoms with Crippen molar-refractivity contribution in [2.45, 2.75) is 64.8 Å². The highest BCUT2D eigenvalue weighted by molar-refractivity contribution is 5.33. The van der Waals surface area contributed by atoms with Crippen molar-refractivity contribution in [3.63, 3.8) is 0 Å². The Hall–Kier alpha value is -0.820. The molecule has 0 radical (unpaired) electrons. The van der Waals surface area contributed by atoms with Crippen molar-refractivity contribution in [3.8, 4) is 0 Å². The molecule has 0 aliphatic heterocycles. The molecule has 1 nitrogen and oxygen atoms in total. The first-order chi connectivity index (χ1) is 9.22. The Balaban J connectivity index is 2.17. The highest BCUT2D eigenvalue weighted by Gasteiger charge is 2.23. The maximum atomic E-state index is 3.60. The lowest BCUT2D eigenvalue weighted by molar-refractivity contribution is 0.299. The Morgan fingerprint density at radius 2 is 1.63 bits per heavy atom. The van der Waals surface area contributed by atoms with Crippen LogP contribution in [-0.4, -0.2) is 7.05 Å². The fraction of sp³-hybridized carbons (Fsp3) is 0.667. The van der Waals surface area contributed by atoms with Crippen molar-refractivity contribution in [2.24, 2.45) is 5.92 Å². The van der Waals surface area contributed by atoms with Gasteiger partial charge in [0, 0.05) is 6.04 Å². The van der Waals surface area contributed by atoms with Crippen LogP contribution in [0, 0.1) is 19.8 Å². The second-order valence-corrected chi connectivity index (χ2v) is 6.23. The first-order valence-electron chi connectivity index (χ1n) is 7.97. The van der Waals surface area contributed by atoms with Crippen LogP contribution < -0.4 is 5.32 Å². The number of aryl methyl sites for hydroxylation is 2. The zero-order chi connectivity index (χ0) is 13.7. The number of hydrogen-bond acceptors (Lipinski definition) is 1. The molecule has 1 aromatic rings. The Kier molecular flexibility index (Phi) is 5.45. The van der Waals surface area contributed by atoms with Crippen LogP contribution in [0.25, 0.3) is 0 Å². The molecule has 0 amide bonds. The van der Waals surface area contributed by atoms with E-state index in [1.54, 1.807) is 0 Å². The van der Waals surface area contributed by atoms with Gasteiger partial charge in [0.05, 0.1) is 0 Å². The summed E-state index contributed by atoms with van der Waals surface area (Å²) >= 11 is 0. The molecule has 106 valence electrons. The van der Waals surface area contributed by atoms with Crippen molar-refractivity contribution in [1.82, 2.24) is 5.32 Å². The molecular weight excluding hydrogens is 230 g/mol. The van der Waals surface area contributed by atoms with Crippen LogP contribution in [0.15, 0.2) is 18.2 Å². The lowest BCUT2D eigenvalue weighted by atomic mass is 9.81. The zero-order valence-electron chi connectivity index (χ0n) is 12.8. The van der Waals surface area contributed by atoms with Gasteiger partial charge < -0.3 is 5.32 Å². The summed E-state index contributed by atoms with van der Waals surface area (Å²) in [5, 5.41) is 3.60. The molecule has 1 unspecified atom stereocenters. The fourth-order valence-electron chi connectivity index (χ4n) is 3.64. The van der Waals surface area contributed by atoms with Gasteiger partial charge in [-0.05, 0) is 50.8 Å². The third-order valence-corrected chi connectivity index (χ3v) is 4.69. The maximum absolute atomic E-state index is 3.60. The van der Waals surface area contributed by atoms with E-state index in [1.165, 1.54) is 61.6 Å². The van der Waals surface area contributed by atoms with Crippen LogP contribution in [0.1, 0.15) is 67.7 Å². The average molecular weight is 259 g/mol. The molecule has 0 bridgehead atoms. The van der Waals surface area contributed by atoms with Crippen molar-refractivity contribution in [2.75, 3.05) is 7.05 Å². The topological polar surface area (TPSA) is 12.0 Å². The van der Waals surface area contributed by atoms with E-state index in [1.807, 2.05) is 0 Å². The second-order valence-electron chi connectivity index (χ2n) is 6.23. The largest absolute Gasteiger partial charge is 0.313 e. The molecule has 1 atom stereocenters. The summed E-state index contributed by atoms with van der Waals surface area (Å²) in [6.07, 6.45) is 9.90. The third-order valence-electron chi connectivity index (χ3n) is 4.69. The first-order valence-corrected chi connectivity index (χ1v) is 7.97. The molecule has 19 heavy (non-hydrogen) atoms. The monoisotopic (exact) mass is 259 g/mol. The quantitative estimate of drug-likeness (QED) is 0.812. The van der Waals surface area contributed by atoms with Crippen molar-refractivity contribution in [1.29, 1.82) is 0 Å². The van der Waals surface area contributed by atoms with Crippen molar-refractivity contribution >= 4 is 0 Å². The molecular formula is C18H29N. The van der Waals surface area contributed by atoms with E-state index in [0.29, 0.717) is 6.04 Å². The van der Waals surface area contributed by atoms with Crippen LogP contribution in [-0.2, 0) is 0 Å². The molecule has 1 aliphatic rings. The summed E-state index contributed by atoms with van der Waals surface area (Å²) in [6, 6.07) is 7.46. The summed E-state index contributed by atoms with van der Waals surface area (Å²) in [6.45, 7) is 4.44. The van der Waals surface area contributed by atoms with E-state index in [9.17, 15) is 0 Å². The molecule has 1 aromatic carbocycles. The lowest BCUT2D eigenvalue weighted by Crippen LogP contribution is -2.26. The van der Waals surface area contributed by atoms with E-state index in [4.69, 9.17) is 0 Å². The van der Waals surface area contributed by atoms with E-state index >= 15 is 0 Å². The Labute approximate surface area is 118 Å². The van der Waals surface area contributed by atoms with E-state index in [-0.39, 0.29) is 0 Å². The fourth-order valence-corrected chi connectivity index (χ4v) is 3.64. The van der Waals surface area contributed by atoms with E-state index in [0.717, 1.165) is 5.92 Å². The number of nitrogens with one attached hydrogen (secondary N) is 1. The van der Waals surface area contributed by atoms with Crippen LogP contribution in [0.2, 0.25) is 0 Å². The third kappa shape index (κ3) is 3.82. The molecule has 0 aromatic heterocycles. The van der Waals surface area contributed by atoms with E-state index < -0.39 is 0 Å². The van der Waals surface area contributed by atoms with Gasteiger partial charge in [-0.15, -0.1) is 0 Å². The zero-order valence-corrected chi connectivity index (χ0v) is 12.8. The lowest BCUT2D eigenvalue weighted by Gasteiger charge is -2.30. The van der Waals surface area contributed by atoms with Gasteiger partial charge in [-0.25, -0.2) is 0 Å². The smallest absolute Gasteiger partial charge is 0.0348 e.